The van der Waals surface area contributed by atoms with Gasteiger partial charge in [0.15, 0.2) is 0 Å². The molecule has 12 heteroatoms. The van der Waals surface area contributed by atoms with Crippen LogP contribution >= 0.6 is 11.6 Å². The van der Waals surface area contributed by atoms with Crippen LogP contribution < -0.4 is 16.2 Å². The van der Waals surface area contributed by atoms with Gasteiger partial charge in [0, 0.05) is 31.1 Å². The Bertz CT molecular complexity index is 924. The molecule has 1 aromatic carbocycles. The number of aromatic nitrogens is 2. The van der Waals surface area contributed by atoms with Crippen molar-refractivity contribution in [2.75, 3.05) is 5.43 Å². The summed E-state index contributed by atoms with van der Waals surface area (Å²) in [5.41, 5.74) is 1.94. The largest absolute Gasteiger partial charge is 0.337 e. The van der Waals surface area contributed by atoms with E-state index >= 15 is 0 Å². The average molecular weight is 434 g/mol. The van der Waals surface area contributed by atoms with Gasteiger partial charge in [-0.3, -0.25) is 25.1 Å². The molecular formula is C17H16ClF4N5O2. The number of hydrogen-bond donors (Lipinski definition) is 3. The molecule has 1 aromatic heterocycles. The molecule has 7 nitrogen and oxygen atoms in total. The highest BCUT2D eigenvalue weighted by molar-refractivity contribution is 6.30. The number of hydrazine groups is 1. The third-order valence-corrected chi connectivity index (χ3v) is 4.63. The quantitative estimate of drug-likeness (QED) is 0.482. The first kappa shape index (κ1) is 20.9. The van der Waals surface area contributed by atoms with Gasteiger partial charge >= 0.3 is 0 Å². The van der Waals surface area contributed by atoms with Gasteiger partial charge in [0.05, 0.1) is 11.3 Å². The second-order valence-corrected chi connectivity index (χ2v) is 7.17. The van der Waals surface area contributed by atoms with E-state index < -0.39 is 53.8 Å². The Morgan fingerprint density at radius 1 is 1.21 bits per heavy atom. The highest BCUT2D eigenvalue weighted by atomic mass is 35.5. The van der Waals surface area contributed by atoms with Crippen LogP contribution in [0.2, 0.25) is 5.02 Å². The second-order valence-electron chi connectivity index (χ2n) is 6.73. The molecule has 156 valence electrons. The molecule has 0 aliphatic heterocycles. The zero-order valence-corrected chi connectivity index (χ0v) is 15.7. The predicted molar refractivity (Wildman–Crippen MR) is 95.8 cm³/mol. The van der Waals surface area contributed by atoms with E-state index in [2.05, 4.69) is 21.3 Å². The number of rotatable bonds is 6. The van der Waals surface area contributed by atoms with Crippen LogP contribution in [0, 0.1) is 0 Å². The molecule has 3 rings (SSSR count). The van der Waals surface area contributed by atoms with E-state index in [4.69, 9.17) is 11.6 Å². The summed E-state index contributed by atoms with van der Waals surface area (Å²) in [6.45, 7) is 0. The molecule has 1 aliphatic carbocycles. The van der Waals surface area contributed by atoms with Crippen molar-refractivity contribution in [2.24, 2.45) is 7.05 Å². The number of aryl methyl sites for hydroxylation is 1. The summed E-state index contributed by atoms with van der Waals surface area (Å²) in [5, 5.41) is 6.13. The van der Waals surface area contributed by atoms with E-state index in [-0.39, 0.29) is 0 Å². The minimum Gasteiger partial charge on any atom is -0.337 e. The van der Waals surface area contributed by atoms with Gasteiger partial charge < -0.3 is 5.32 Å². The number of anilines is 1. The molecular weight excluding hydrogens is 418 g/mol. The van der Waals surface area contributed by atoms with Crippen LogP contribution in [-0.2, 0) is 11.8 Å². The Morgan fingerprint density at radius 3 is 2.38 bits per heavy atom. The fraction of sp³-hybridized carbons (Fsp3) is 0.353. The Morgan fingerprint density at radius 2 is 1.83 bits per heavy atom. The lowest BCUT2D eigenvalue weighted by molar-refractivity contribution is -0.160. The number of alkyl halides is 4. The topological polar surface area (TPSA) is 88.0 Å². The van der Waals surface area contributed by atoms with Crippen molar-refractivity contribution in [1.29, 1.82) is 0 Å². The lowest BCUT2D eigenvalue weighted by atomic mass is 9.72. The maximum atomic E-state index is 13.6. The number of halogens is 5. The molecule has 3 N–H and O–H groups in total. The monoisotopic (exact) mass is 433 g/mol. The van der Waals surface area contributed by atoms with Crippen LogP contribution in [0.4, 0.5) is 23.2 Å². The van der Waals surface area contributed by atoms with Gasteiger partial charge in [0.25, 0.3) is 24.2 Å². The van der Waals surface area contributed by atoms with Crippen molar-refractivity contribution in [1.82, 2.24) is 20.5 Å². The van der Waals surface area contributed by atoms with E-state index in [1.165, 1.54) is 19.2 Å². The molecule has 2 aromatic rings. The number of nitrogens with one attached hydrogen (secondary N) is 3. The third kappa shape index (κ3) is 4.44. The van der Waals surface area contributed by atoms with Gasteiger partial charge in [-0.05, 0) is 24.3 Å². The van der Waals surface area contributed by atoms with E-state index in [1.807, 2.05) is 0 Å². The molecule has 1 fully saturated rings. The standard InChI is InChI=1S/C17H16ClF4N5O2/c1-27-6-11(12(26-27)13(19)20)14(28)23-16(7-17(21,22)8-16)15(29)25-24-10-4-2-9(18)3-5-10/h2-6,13,24H,7-8H2,1H3,(H,23,28)(H,25,29). The fourth-order valence-corrected chi connectivity index (χ4v) is 3.17. The van der Waals surface area contributed by atoms with Gasteiger partial charge in [-0.25, -0.2) is 17.6 Å². The van der Waals surface area contributed by atoms with Gasteiger partial charge in [-0.2, -0.15) is 5.10 Å². The maximum Gasteiger partial charge on any atom is 0.282 e. The molecule has 1 saturated carbocycles. The van der Waals surface area contributed by atoms with Gasteiger partial charge in [-0.15, -0.1) is 0 Å². The minimum atomic E-state index is -3.18. The van der Waals surface area contributed by atoms with E-state index in [1.54, 1.807) is 12.1 Å². The molecule has 0 saturated heterocycles. The Labute approximate surface area is 167 Å². The van der Waals surface area contributed by atoms with Gasteiger partial charge in [0.2, 0.25) is 0 Å². The normalized spacial score (nSPS) is 16.8. The molecule has 0 radical (unpaired) electrons. The van der Waals surface area contributed by atoms with Gasteiger partial charge in [-0.1, -0.05) is 11.6 Å². The smallest absolute Gasteiger partial charge is 0.282 e. The van der Waals surface area contributed by atoms with Crippen molar-refractivity contribution >= 4 is 29.1 Å². The summed E-state index contributed by atoms with van der Waals surface area (Å²) < 4.78 is 54.3. The van der Waals surface area contributed by atoms with Crippen molar-refractivity contribution in [3.8, 4) is 0 Å². The molecule has 29 heavy (non-hydrogen) atoms. The van der Waals surface area contributed by atoms with Crippen molar-refractivity contribution in [3.05, 3.63) is 46.7 Å². The summed E-state index contributed by atoms with van der Waals surface area (Å²) >= 11 is 5.76. The number of carbonyl (C=O) groups is 2. The number of carbonyl (C=O) groups excluding carboxylic acids is 2. The Balaban J connectivity index is 1.75. The number of hydrogen-bond acceptors (Lipinski definition) is 4. The second kappa shape index (κ2) is 7.54. The third-order valence-electron chi connectivity index (χ3n) is 4.38. The summed E-state index contributed by atoms with van der Waals surface area (Å²) in [6, 6.07) is 6.15. The minimum absolute atomic E-state index is 0.419. The van der Waals surface area contributed by atoms with E-state index in [0.717, 1.165) is 10.9 Å². The van der Waals surface area contributed by atoms with Crippen LogP contribution in [0.15, 0.2) is 30.5 Å². The first-order valence-electron chi connectivity index (χ1n) is 8.35. The summed E-state index contributed by atoms with van der Waals surface area (Å²) in [4.78, 5) is 25.0. The molecule has 0 spiro atoms. The maximum absolute atomic E-state index is 13.6. The first-order chi connectivity index (χ1) is 13.5. The fourth-order valence-electron chi connectivity index (χ4n) is 3.05. The van der Waals surface area contributed by atoms with E-state index in [9.17, 15) is 27.2 Å². The van der Waals surface area contributed by atoms with Crippen molar-refractivity contribution in [2.45, 2.75) is 30.7 Å². The van der Waals surface area contributed by atoms with Crippen LogP contribution in [0.1, 0.15) is 35.3 Å². The van der Waals surface area contributed by atoms with Crippen LogP contribution in [-0.4, -0.2) is 33.1 Å². The predicted octanol–water partition coefficient (Wildman–Crippen LogP) is 3.05. The van der Waals surface area contributed by atoms with E-state index in [0.29, 0.717) is 10.7 Å². The van der Waals surface area contributed by atoms with Crippen LogP contribution in [0.3, 0.4) is 0 Å². The lowest BCUT2D eigenvalue weighted by Crippen LogP contribution is -2.70. The zero-order valence-electron chi connectivity index (χ0n) is 15.0. The average Bonchev–Trinajstić information content (AvgIpc) is 3.01. The number of nitrogens with zero attached hydrogens (tertiary/aromatic N) is 2. The number of amides is 2. The molecule has 1 heterocycles. The Hall–Kier alpha value is -2.82. The van der Waals surface area contributed by atoms with Crippen LogP contribution in [0.5, 0.6) is 0 Å². The number of benzene rings is 1. The van der Waals surface area contributed by atoms with Crippen LogP contribution in [0.25, 0.3) is 0 Å². The highest BCUT2D eigenvalue weighted by Gasteiger charge is 2.62. The highest BCUT2D eigenvalue weighted by Crippen LogP contribution is 2.46. The zero-order chi connectivity index (χ0) is 21.4. The van der Waals surface area contributed by atoms with Crippen molar-refractivity contribution in [3.63, 3.8) is 0 Å². The lowest BCUT2D eigenvalue weighted by Gasteiger charge is -2.45. The summed E-state index contributed by atoms with van der Waals surface area (Å²) in [5.74, 6) is -5.20. The van der Waals surface area contributed by atoms with Crippen molar-refractivity contribution < 1.29 is 27.2 Å². The molecule has 0 unspecified atom stereocenters. The summed E-state index contributed by atoms with van der Waals surface area (Å²) in [6.07, 6.45) is -3.95. The van der Waals surface area contributed by atoms with Gasteiger partial charge in [0.1, 0.15) is 11.2 Å². The SMILES string of the molecule is Cn1cc(C(=O)NC2(C(=O)NNc3ccc(Cl)cc3)CC(F)(F)C2)c(C(F)F)n1. The Kier molecular flexibility index (Phi) is 5.44. The summed E-state index contributed by atoms with van der Waals surface area (Å²) in [7, 11) is 1.33. The molecule has 2 amide bonds. The molecule has 0 atom stereocenters. The molecule has 1 aliphatic rings. The molecule has 0 bridgehead atoms. The first-order valence-corrected chi connectivity index (χ1v) is 8.73.